The normalized spacial score (nSPS) is 11.6. The van der Waals surface area contributed by atoms with Gasteiger partial charge in [-0.2, -0.15) is 0 Å². The number of carbonyl (C=O) groups is 1. The van der Waals surface area contributed by atoms with Crippen molar-refractivity contribution in [3.8, 4) is 0 Å². The minimum Gasteiger partial charge on any atom is -0.480 e. The average molecular weight is 208 g/mol. The van der Waals surface area contributed by atoms with Crippen LogP contribution in [0.4, 0.5) is 0 Å². The molecule has 0 spiro atoms. The first-order chi connectivity index (χ1) is 6.10. The Labute approximate surface area is 79.0 Å². The molecule has 0 amide bonds. The number of aliphatic carboxylic acids is 1. The summed E-state index contributed by atoms with van der Waals surface area (Å²) >= 11 is 0. The van der Waals surface area contributed by atoms with E-state index >= 15 is 0 Å². The number of hydrogen-bond donors (Lipinski definition) is 1. The Morgan fingerprint density at radius 2 is 1.92 bits per heavy atom. The first kappa shape index (κ1) is 12.6. The smallest absolute Gasteiger partial charge is 0.480 e. The minimum atomic E-state index is -2.69. The maximum atomic E-state index is 10.3. The topological polar surface area (TPSA) is 65.0 Å². The summed E-state index contributed by atoms with van der Waals surface area (Å²) in [6.07, 6.45) is 0.841. The summed E-state index contributed by atoms with van der Waals surface area (Å²) in [5.74, 6) is -1.01. The van der Waals surface area contributed by atoms with E-state index in [1.54, 1.807) is 0 Å². The lowest BCUT2D eigenvalue weighted by molar-refractivity contribution is -0.140. The molecule has 0 radical (unpaired) electrons. The van der Waals surface area contributed by atoms with Crippen LogP contribution in [0.3, 0.4) is 0 Å². The highest BCUT2D eigenvalue weighted by Gasteiger charge is 2.38. The van der Waals surface area contributed by atoms with E-state index < -0.39 is 14.8 Å². The molecule has 0 heterocycles. The fourth-order valence-electron chi connectivity index (χ4n) is 0.955. The largest absolute Gasteiger partial charge is 0.500 e. The van der Waals surface area contributed by atoms with Crippen molar-refractivity contribution in [1.82, 2.24) is 0 Å². The fourth-order valence-corrected chi connectivity index (χ4v) is 2.87. The molecule has 0 fully saturated rings. The van der Waals surface area contributed by atoms with E-state index in [1.165, 1.54) is 14.2 Å². The summed E-state index contributed by atoms with van der Waals surface area (Å²) in [5, 5.41) is 8.42. The standard InChI is InChI=1S/C7H16O5Si/c1-4-5-13(10-2,11-3)12-6-7(8)9/h4-6H2,1-3H3,(H,8,9). The van der Waals surface area contributed by atoms with Gasteiger partial charge in [-0.1, -0.05) is 13.3 Å². The van der Waals surface area contributed by atoms with Gasteiger partial charge in [0.25, 0.3) is 0 Å². The molecular formula is C7H16O5Si. The number of rotatable bonds is 7. The summed E-state index contributed by atoms with van der Waals surface area (Å²) in [6.45, 7) is 1.60. The van der Waals surface area contributed by atoms with Gasteiger partial charge in [-0.3, -0.25) is 0 Å². The van der Waals surface area contributed by atoms with Crippen molar-refractivity contribution in [3.05, 3.63) is 0 Å². The summed E-state index contributed by atoms with van der Waals surface area (Å²) in [4.78, 5) is 10.3. The molecule has 0 aromatic carbocycles. The maximum absolute atomic E-state index is 10.3. The van der Waals surface area contributed by atoms with Crippen LogP contribution in [-0.2, 0) is 18.1 Å². The quantitative estimate of drug-likeness (QED) is 0.625. The Bertz CT molecular complexity index is 157. The molecule has 0 aliphatic heterocycles. The van der Waals surface area contributed by atoms with E-state index in [0.29, 0.717) is 6.04 Å². The van der Waals surface area contributed by atoms with E-state index in [-0.39, 0.29) is 6.61 Å². The Hall–Kier alpha value is -0.433. The van der Waals surface area contributed by atoms with Crippen LogP contribution in [0.15, 0.2) is 0 Å². The molecule has 0 aromatic rings. The first-order valence-electron chi connectivity index (χ1n) is 4.06. The van der Waals surface area contributed by atoms with Gasteiger partial charge in [-0.05, 0) is 0 Å². The van der Waals surface area contributed by atoms with E-state index in [9.17, 15) is 4.79 Å². The third-order valence-electron chi connectivity index (χ3n) is 1.59. The zero-order valence-corrected chi connectivity index (χ0v) is 9.20. The molecule has 13 heavy (non-hydrogen) atoms. The lowest BCUT2D eigenvalue weighted by Gasteiger charge is -2.24. The third kappa shape index (κ3) is 4.37. The molecule has 5 nitrogen and oxygen atoms in total. The molecule has 0 aliphatic rings. The minimum absolute atomic E-state index is 0.367. The van der Waals surface area contributed by atoms with Crippen molar-refractivity contribution in [3.63, 3.8) is 0 Å². The van der Waals surface area contributed by atoms with Gasteiger partial charge in [0, 0.05) is 20.3 Å². The molecule has 0 unspecified atom stereocenters. The van der Waals surface area contributed by atoms with Crippen molar-refractivity contribution in [2.45, 2.75) is 19.4 Å². The lowest BCUT2D eigenvalue weighted by Crippen LogP contribution is -2.44. The fraction of sp³-hybridized carbons (Fsp3) is 0.857. The van der Waals surface area contributed by atoms with Crippen LogP contribution in [0, 0.1) is 0 Å². The Balaban J connectivity index is 4.12. The van der Waals surface area contributed by atoms with Crippen molar-refractivity contribution < 1.29 is 23.2 Å². The van der Waals surface area contributed by atoms with E-state index in [0.717, 1.165) is 6.42 Å². The molecule has 0 saturated heterocycles. The summed E-state index contributed by atoms with van der Waals surface area (Å²) in [6, 6.07) is 0.632. The van der Waals surface area contributed by atoms with Crippen LogP contribution in [-0.4, -0.2) is 40.7 Å². The van der Waals surface area contributed by atoms with Crippen LogP contribution in [0.2, 0.25) is 6.04 Å². The van der Waals surface area contributed by atoms with Gasteiger partial charge in [-0.15, -0.1) is 0 Å². The molecule has 6 heteroatoms. The van der Waals surface area contributed by atoms with Crippen LogP contribution in [0.1, 0.15) is 13.3 Å². The van der Waals surface area contributed by atoms with Gasteiger partial charge in [-0.25, -0.2) is 4.79 Å². The average Bonchev–Trinajstić information content (AvgIpc) is 2.12. The lowest BCUT2D eigenvalue weighted by atomic mass is 10.6. The predicted octanol–water partition coefficient (Wildman–Crippen LogP) is 0.729. The van der Waals surface area contributed by atoms with Crippen molar-refractivity contribution >= 4 is 14.8 Å². The van der Waals surface area contributed by atoms with Gasteiger partial charge in [0.1, 0.15) is 6.61 Å². The van der Waals surface area contributed by atoms with Crippen LogP contribution in [0.5, 0.6) is 0 Å². The molecular weight excluding hydrogens is 192 g/mol. The molecule has 1 N–H and O–H groups in total. The summed E-state index contributed by atoms with van der Waals surface area (Å²) in [5.41, 5.74) is 0. The molecule has 0 rings (SSSR count). The van der Waals surface area contributed by atoms with Crippen molar-refractivity contribution in [2.24, 2.45) is 0 Å². The van der Waals surface area contributed by atoms with Gasteiger partial charge >= 0.3 is 14.8 Å². The van der Waals surface area contributed by atoms with E-state index in [1.807, 2.05) is 6.92 Å². The summed E-state index contributed by atoms with van der Waals surface area (Å²) < 4.78 is 15.3. The zero-order valence-electron chi connectivity index (χ0n) is 8.20. The maximum Gasteiger partial charge on any atom is 0.500 e. The number of carboxylic acid groups (broad SMARTS) is 1. The molecule has 0 saturated carbocycles. The number of carboxylic acids is 1. The Kier molecular flexibility index (Phi) is 5.88. The SMILES string of the molecule is CCC[Si](OC)(OC)OCC(=O)O. The van der Waals surface area contributed by atoms with Gasteiger partial charge in [0.2, 0.25) is 0 Å². The van der Waals surface area contributed by atoms with Crippen LogP contribution < -0.4 is 0 Å². The molecule has 0 aliphatic carbocycles. The van der Waals surface area contributed by atoms with E-state index in [2.05, 4.69) is 0 Å². The first-order valence-corrected chi connectivity index (χ1v) is 5.99. The third-order valence-corrected chi connectivity index (χ3v) is 4.53. The van der Waals surface area contributed by atoms with Gasteiger partial charge in [0.05, 0.1) is 0 Å². The summed E-state index contributed by atoms with van der Waals surface area (Å²) in [7, 11) is 0.272. The monoisotopic (exact) mass is 208 g/mol. The molecule has 0 atom stereocenters. The number of hydrogen-bond acceptors (Lipinski definition) is 4. The Morgan fingerprint density at radius 3 is 2.23 bits per heavy atom. The zero-order chi connectivity index (χ0) is 10.3. The molecule has 0 aromatic heterocycles. The highest BCUT2D eigenvalue weighted by atomic mass is 28.4. The van der Waals surface area contributed by atoms with E-state index in [4.69, 9.17) is 18.4 Å². The van der Waals surface area contributed by atoms with Crippen LogP contribution >= 0.6 is 0 Å². The molecule has 0 bridgehead atoms. The van der Waals surface area contributed by atoms with Gasteiger partial charge in [0.15, 0.2) is 0 Å². The second kappa shape index (κ2) is 6.09. The molecule has 78 valence electrons. The second-order valence-corrected chi connectivity index (χ2v) is 5.49. The predicted molar refractivity (Wildman–Crippen MR) is 48.5 cm³/mol. The van der Waals surface area contributed by atoms with Crippen LogP contribution in [0.25, 0.3) is 0 Å². The second-order valence-electron chi connectivity index (χ2n) is 2.52. The van der Waals surface area contributed by atoms with Crippen molar-refractivity contribution in [1.29, 1.82) is 0 Å². The van der Waals surface area contributed by atoms with Crippen molar-refractivity contribution in [2.75, 3.05) is 20.8 Å². The highest BCUT2D eigenvalue weighted by molar-refractivity contribution is 6.60. The Morgan fingerprint density at radius 1 is 1.38 bits per heavy atom. The highest BCUT2D eigenvalue weighted by Crippen LogP contribution is 2.15. The van der Waals surface area contributed by atoms with Gasteiger partial charge < -0.3 is 18.4 Å².